The van der Waals surface area contributed by atoms with Gasteiger partial charge in [0.25, 0.3) is 5.91 Å². The number of hydrogen-bond acceptors (Lipinski definition) is 7. The van der Waals surface area contributed by atoms with Crippen LogP contribution in [0, 0.1) is 6.92 Å². The van der Waals surface area contributed by atoms with Gasteiger partial charge in [-0.3, -0.25) is 14.3 Å². The van der Waals surface area contributed by atoms with Crippen molar-refractivity contribution in [2.75, 3.05) is 4.90 Å². The highest BCUT2D eigenvalue weighted by Crippen LogP contribution is 2.40. The van der Waals surface area contributed by atoms with Crippen LogP contribution in [0.3, 0.4) is 0 Å². The zero-order valence-electron chi connectivity index (χ0n) is 20.3. The molecule has 1 aromatic carbocycles. The summed E-state index contributed by atoms with van der Waals surface area (Å²) in [6.45, 7) is 8.73. The summed E-state index contributed by atoms with van der Waals surface area (Å²) in [7, 11) is 0. The zero-order valence-corrected chi connectivity index (χ0v) is 20.3. The minimum absolute atomic E-state index is 0.0634. The molecule has 1 amide bonds. The molecule has 0 spiro atoms. The third kappa shape index (κ3) is 4.03. The Kier molecular flexibility index (Phi) is 5.98. The van der Waals surface area contributed by atoms with E-state index in [4.69, 9.17) is 9.97 Å². The van der Waals surface area contributed by atoms with Gasteiger partial charge in [-0.05, 0) is 45.4 Å². The largest absolute Gasteiger partial charge is 0.348 e. The number of fused-ring (bicyclic) bond motifs is 3. The quantitative estimate of drug-likeness (QED) is 0.456. The summed E-state index contributed by atoms with van der Waals surface area (Å²) in [5, 5.41) is 11.8. The highest BCUT2D eigenvalue weighted by atomic mass is 16.1. The SMILES string of the molecule is CCC1c2nnc(C)n2-c2cnc(-c3ccncc3CNC(=O)c3ccccc3)nc2N1C(C)C. The fourth-order valence-corrected chi connectivity index (χ4v) is 4.65. The third-order valence-electron chi connectivity index (χ3n) is 6.28. The van der Waals surface area contributed by atoms with Crippen LogP contribution in [0.1, 0.15) is 60.8 Å². The molecule has 1 N–H and O–H groups in total. The Morgan fingerprint density at radius 3 is 2.66 bits per heavy atom. The molecule has 9 nitrogen and oxygen atoms in total. The summed E-state index contributed by atoms with van der Waals surface area (Å²) in [6, 6.07) is 11.3. The van der Waals surface area contributed by atoms with E-state index >= 15 is 0 Å². The van der Waals surface area contributed by atoms with Crippen LogP contribution in [0.2, 0.25) is 0 Å². The average Bonchev–Trinajstić information content (AvgIpc) is 3.28. The van der Waals surface area contributed by atoms with Crippen LogP contribution in [-0.2, 0) is 6.54 Å². The van der Waals surface area contributed by atoms with Crippen molar-refractivity contribution in [1.29, 1.82) is 0 Å². The predicted molar refractivity (Wildman–Crippen MR) is 133 cm³/mol. The first-order valence-electron chi connectivity index (χ1n) is 11.8. The number of pyridine rings is 1. The molecule has 1 atom stereocenters. The van der Waals surface area contributed by atoms with Crippen LogP contribution in [0.25, 0.3) is 17.1 Å². The number of anilines is 1. The number of carbonyl (C=O) groups is 1. The lowest BCUT2D eigenvalue weighted by Crippen LogP contribution is -2.40. The number of aryl methyl sites for hydroxylation is 1. The molecule has 3 aromatic heterocycles. The van der Waals surface area contributed by atoms with Crippen molar-refractivity contribution in [3.63, 3.8) is 0 Å². The Balaban J connectivity index is 1.53. The first-order chi connectivity index (χ1) is 17.0. The monoisotopic (exact) mass is 468 g/mol. The fraction of sp³-hybridized carbons (Fsp3) is 0.308. The standard InChI is InChI=1S/C26H28N8O/c1-5-21-25-32-31-17(4)34(25)22-15-28-23(30-24(22)33(21)16(2)3)20-11-12-27-13-19(20)14-29-26(35)18-9-7-6-8-10-18/h6-13,15-16,21H,5,14H2,1-4H3,(H,29,35). The minimum Gasteiger partial charge on any atom is -0.348 e. The minimum atomic E-state index is -0.140. The summed E-state index contributed by atoms with van der Waals surface area (Å²) in [6.07, 6.45) is 6.19. The fourth-order valence-electron chi connectivity index (χ4n) is 4.65. The Morgan fingerprint density at radius 1 is 1.11 bits per heavy atom. The van der Waals surface area contributed by atoms with Crippen LogP contribution in [0.15, 0.2) is 55.0 Å². The Hall–Kier alpha value is -4.14. The van der Waals surface area contributed by atoms with E-state index in [1.165, 1.54) is 0 Å². The second-order valence-electron chi connectivity index (χ2n) is 8.85. The van der Waals surface area contributed by atoms with Gasteiger partial charge >= 0.3 is 0 Å². The van der Waals surface area contributed by atoms with Crippen LogP contribution >= 0.6 is 0 Å². The molecule has 35 heavy (non-hydrogen) atoms. The van der Waals surface area contributed by atoms with E-state index < -0.39 is 0 Å². The molecule has 5 rings (SSSR count). The van der Waals surface area contributed by atoms with Gasteiger partial charge in [-0.1, -0.05) is 25.1 Å². The lowest BCUT2D eigenvalue weighted by Gasteiger charge is -2.39. The molecule has 1 aliphatic rings. The van der Waals surface area contributed by atoms with Crippen molar-refractivity contribution in [3.05, 3.63) is 77.8 Å². The van der Waals surface area contributed by atoms with Gasteiger partial charge in [-0.15, -0.1) is 10.2 Å². The van der Waals surface area contributed by atoms with Crippen LogP contribution < -0.4 is 10.2 Å². The molecule has 0 aliphatic carbocycles. The van der Waals surface area contributed by atoms with Gasteiger partial charge in [0.15, 0.2) is 17.5 Å². The summed E-state index contributed by atoms with van der Waals surface area (Å²) in [4.78, 5) is 28.9. The van der Waals surface area contributed by atoms with E-state index in [2.05, 4.69) is 50.7 Å². The zero-order chi connectivity index (χ0) is 24.5. The molecule has 178 valence electrons. The van der Waals surface area contributed by atoms with E-state index in [0.29, 0.717) is 17.9 Å². The normalized spacial score (nSPS) is 14.5. The highest BCUT2D eigenvalue weighted by molar-refractivity contribution is 5.94. The molecule has 4 aromatic rings. The molecule has 1 aliphatic heterocycles. The van der Waals surface area contributed by atoms with E-state index in [1.807, 2.05) is 37.4 Å². The Morgan fingerprint density at radius 2 is 1.91 bits per heavy atom. The van der Waals surface area contributed by atoms with Gasteiger partial charge in [0, 0.05) is 41.7 Å². The summed E-state index contributed by atoms with van der Waals surface area (Å²) in [5.74, 6) is 3.02. The van der Waals surface area contributed by atoms with Crippen LogP contribution in [0.5, 0.6) is 0 Å². The van der Waals surface area contributed by atoms with E-state index in [1.54, 1.807) is 24.5 Å². The maximum atomic E-state index is 12.6. The van der Waals surface area contributed by atoms with Crippen molar-refractivity contribution in [2.45, 2.75) is 52.7 Å². The molecule has 9 heteroatoms. The van der Waals surface area contributed by atoms with E-state index in [-0.39, 0.29) is 18.0 Å². The molecule has 0 saturated carbocycles. The third-order valence-corrected chi connectivity index (χ3v) is 6.28. The number of rotatable bonds is 6. The summed E-state index contributed by atoms with van der Waals surface area (Å²) >= 11 is 0. The van der Waals surface area contributed by atoms with Gasteiger partial charge < -0.3 is 10.2 Å². The van der Waals surface area contributed by atoms with Crippen molar-refractivity contribution >= 4 is 11.7 Å². The number of carbonyl (C=O) groups excluding carboxylic acids is 1. The van der Waals surface area contributed by atoms with Crippen molar-refractivity contribution in [2.24, 2.45) is 0 Å². The molecular weight excluding hydrogens is 440 g/mol. The maximum absolute atomic E-state index is 12.6. The number of nitrogens with zero attached hydrogens (tertiary/aromatic N) is 7. The lowest BCUT2D eigenvalue weighted by atomic mass is 10.1. The molecule has 0 saturated heterocycles. The van der Waals surface area contributed by atoms with Crippen molar-refractivity contribution < 1.29 is 4.79 Å². The predicted octanol–water partition coefficient (Wildman–Crippen LogP) is 4.04. The first-order valence-corrected chi connectivity index (χ1v) is 11.8. The summed E-state index contributed by atoms with van der Waals surface area (Å²) < 4.78 is 2.06. The topological polar surface area (TPSA) is 102 Å². The second kappa shape index (κ2) is 9.25. The number of aromatic nitrogens is 6. The molecule has 0 bridgehead atoms. The van der Waals surface area contributed by atoms with Gasteiger partial charge in [-0.25, -0.2) is 9.97 Å². The highest BCUT2D eigenvalue weighted by Gasteiger charge is 2.36. The number of benzene rings is 1. The van der Waals surface area contributed by atoms with Crippen LogP contribution in [0.4, 0.5) is 5.82 Å². The molecule has 0 fully saturated rings. The van der Waals surface area contributed by atoms with E-state index in [0.717, 1.165) is 40.7 Å². The lowest BCUT2D eigenvalue weighted by molar-refractivity contribution is 0.0951. The molecule has 0 radical (unpaired) electrons. The molecular formula is C26H28N8O. The molecule has 4 heterocycles. The summed E-state index contributed by atoms with van der Waals surface area (Å²) in [5.41, 5.74) is 3.16. The second-order valence-corrected chi connectivity index (χ2v) is 8.85. The molecule has 1 unspecified atom stereocenters. The van der Waals surface area contributed by atoms with Crippen molar-refractivity contribution in [3.8, 4) is 17.1 Å². The van der Waals surface area contributed by atoms with Gasteiger partial charge in [0.1, 0.15) is 11.5 Å². The van der Waals surface area contributed by atoms with Gasteiger partial charge in [-0.2, -0.15) is 0 Å². The van der Waals surface area contributed by atoms with Gasteiger partial charge in [0.05, 0.1) is 12.2 Å². The maximum Gasteiger partial charge on any atom is 0.251 e. The smallest absolute Gasteiger partial charge is 0.251 e. The Labute approximate surface area is 204 Å². The Bertz CT molecular complexity index is 1370. The number of nitrogens with one attached hydrogen (secondary N) is 1. The van der Waals surface area contributed by atoms with Gasteiger partial charge in [0.2, 0.25) is 0 Å². The number of hydrogen-bond donors (Lipinski definition) is 1. The average molecular weight is 469 g/mol. The van der Waals surface area contributed by atoms with Crippen LogP contribution in [-0.4, -0.2) is 41.7 Å². The first kappa shape index (κ1) is 22.6. The van der Waals surface area contributed by atoms with E-state index in [9.17, 15) is 4.79 Å². The van der Waals surface area contributed by atoms with Crippen molar-refractivity contribution in [1.82, 2.24) is 35.0 Å². The number of amides is 1.